The van der Waals surface area contributed by atoms with Crippen molar-refractivity contribution in [1.82, 2.24) is 9.88 Å². The number of hydrogen-bond donors (Lipinski definition) is 2. The molecule has 6 nitrogen and oxygen atoms in total. The SMILES string of the molecule is Cc1c(C)n(Cc2ccc(Cl)c(OC(C)C(=O)O)c2)c2ccc(C(=O)N[C@@H](C)c3cccc(C(C)C)c3)cc12. The Morgan fingerprint density at radius 2 is 1.69 bits per heavy atom. The molecule has 2 atom stereocenters. The number of halogens is 1. The van der Waals surface area contributed by atoms with Gasteiger partial charge < -0.3 is 19.7 Å². The van der Waals surface area contributed by atoms with Gasteiger partial charge in [0.15, 0.2) is 6.10 Å². The van der Waals surface area contributed by atoms with Crippen molar-refractivity contribution in [3.05, 3.63) is 99.2 Å². The fraction of sp³-hybridized carbons (Fsp3) is 0.312. The number of aliphatic carboxylic acids is 1. The van der Waals surface area contributed by atoms with E-state index in [0.717, 1.165) is 33.3 Å². The van der Waals surface area contributed by atoms with Crippen LogP contribution in [-0.4, -0.2) is 27.7 Å². The van der Waals surface area contributed by atoms with Gasteiger partial charge in [0.05, 0.1) is 11.1 Å². The maximum Gasteiger partial charge on any atom is 0.344 e. The van der Waals surface area contributed by atoms with Gasteiger partial charge in [-0.1, -0.05) is 55.8 Å². The second kappa shape index (κ2) is 11.5. The fourth-order valence-electron chi connectivity index (χ4n) is 4.71. The third kappa shape index (κ3) is 6.12. The molecule has 0 spiro atoms. The summed E-state index contributed by atoms with van der Waals surface area (Å²) < 4.78 is 7.73. The van der Waals surface area contributed by atoms with Crippen LogP contribution < -0.4 is 10.1 Å². The number of aryl methyl sites for hydroxylation is 1. The number of fused-ring (bicyclic) bond motifs is 1. The van der Waals surface area contributed by atoms with E-state index in [9.17, 15) is 14.7 Å². The average Bonchev–Trinajstić information content (AvgIpc) is 3.14. The summed E-state index contributed by atoms with van der Waals surface area (Å²) in [7, 11) is 0. The van der Waals surface area contributed by atoms with Crippen LogP contribution in [0.5, 0.6) is 5.75 Å². The molecule has 0 aliphatic carbocycles. The van der Waals surface area contributed by atoms with Crippen LogP contribution in [0.2, 0.25) is 5.02 Å². The molecule has 0 bridgehead atoms. The quantitative estimate of drug-likeness (QED) is 0.229. The molecule has 0 fully saturated rings. The van der Waals surface area contributed by atoms with Crippen LogP contribution in [0.4, 0.5) is 0 Å². The van der Waals surface area contributed by atoms with E-state index in [-0.39, 0.29) is 11.9 Å². The highest BCUT2D eigenvalue weighted by Crippen LogP contribution is 2.31. The number of carboxylic acids is 1. The zero-order valence-corrected chi connectivity index (χ0v) is 24.0. The third-order valence-corrected chi connectivity index (χ3v) is 7.63. The highest BCUT2D eigenvalue weighted by Gasteiger charge is 2.18. The number of aromatic nitrogens is 1. The van der Waals surface area contributed by atoms with Gasteiger partial charge in [0.25, 0.3) is 5.91 Å². The molecule has 204 valence electrons. The lowest BCUT2D eigenvalue weighted by atomic mass is 9.98. The predicted octanol–water partition coefficient (Wildman–Crippen LogP) is 7.43. The molecule has 7 heteroatoms. The number of carbonyl (C=O) groups excluding carboxylic acids is 1. The molecule has 1 heterocycles. The number of benzene rings is 3. The van der Waals surface area contributed by atoms with Crippen molar-refractivity contribution < 1.29 is 19.4 Å². The molecule has 0 radical (unpaired) electrons. The standard InChI is InChI=1S/C32H35ClN2O4/c1-18(2)24-8-7-9-25(15-24)20(4)34-31(36)26-11-13-29-27(16-26)19(3)21(5)35(29)17-23-10-12-28(33)30(14-23)39-22(6)32(37)38/h7-16,18,20,22H,17H2,1-6H3,(H,34,36)(H,37,38)/t20-,22?/m0/s1. The van der Waals surface area contributed by atoms with Gasteiger partial charge in [0.1, 0.15) is 5.75 Å². The molecule has 3 aromatic carbocycles. The van der Waals surface area contributed by atoms with E-state index >= 15 is 0 Å². The van der Waals surface area contributed by atoms with Crippen molar-refractivity contribution in [2.45, 2.75) is 66.2 Å². The van der Waals surface area contributed by atoms with E-state index < -0.39 is 12.1 Å². The molecule has 1 amide bonds. The fourth-order valence-corrected chi connectivity index (χ4v) is 4.87. The summed E-state index contributed by atoms with van der Waals surface area (Å²) in [5.74, 6) is -0.415. The minimum Gasteiger partial charge on any atom is -0.479 e. The maximum atomic E-state index is 13.2. The molecule has 0 aliphatic heterocycles. The van der Waals surface area contributed by atoms with Crippen molar-refractivity contribution in [2.75, 3.05) is 0 Å². The van der Waals surface area contributed by atoms with Gasteiger partial charge in [-0.25, -0.2) is 4.79 Å². The largest absolute Gasteiger partial charge is 0.479 e. The van der Waals surface area contributed by atoms with E-state index in [1.54, 1.807) is 12.1 Å². The molecule has 2 N–H and O–H groups in total. The Bertz CT molecular complexity index is 1540. The zero-order chi connectivity index (χ0) is 28.4. The van der Waals surface area contributed by atoms with Crippen LogP contribution in [0.1, 0.15) is 78.0 Å². The summed E-state index contributed by atoms with van der Waals surface area (Å²) in [6.07, 6.45) is -1.01. The van der Waals surface area contributed by atoms with Crippen LogP contribution in [0.15, 0.2) is 60.7 Å². The lowest BCUT2D eigenvalue weighted by Crippen LogP contribution is -2.26. The lowest BCUT2D eigenvalue weighted by Gasteiger charge is -2.17. The van der Waals surface area contributed by atoms with E-state index in [0.29, 0.717) is 28.8 Å². The Hall–Kier alpha value is -3.77. The summed E-state index contributed by atoms with van der Waals surface area (Å²) in [4.78, 5) is 24.4. The van der Waals surface area contributed by atoms with Crippen LogP contribution in [-0.2, 0) is 11.3 Å². The minimum atomic E-state index is -1.06. The first-order valence-corrected chi connectivity index (χ1v) is 13.5. The molecule has 1 unspecified atom stereocenters. The third-order valence-electron chi connectivity index (χ3n) is 7.31. The molecule has 0 saturated carbocycles. The van der Waals surface area contributed by atoms with Crippen molar-refractivity contribution in [2.24, 2.45) is 0 Å². The van der Waals surface area contributed by atoms with E-state index in [4.69, 9.17) is 16.3 Å². The van der Waals surface area contributed by atoms with Gasteiger partial charge in [0, 0.05) is 28.7 Å². The van der Waals surface area contributed by atoms with Gasteiger partial charge >= 0.3 is 5.97 Å². The van der Waals surface area contributed by atoms with Crippen molar-refractivity contribution in [1.29, 1.82) is 0 Å². The average molecular weight is 547 g/mol. The smallest absolute Gasteiger partial charge is 0.344 e. The maximum absolute atomic E-state index is 13.2. The number of hydrogen-bond acceptors (Lipinski definition) is 3. The van der Waals surface area contributed by atoms with Gasteiger partial charge in [-0.05, 0) is 86.2 Å². The molecule has 4 rings (SSSR count). The lowest BCUT2D eigenvalue weighted by molar-refractivity contribution is -0.144. The van der Waals surface area contributed by atoms with Crippen molar-refractivity contribution in [3.63, 3.8) is 0 Å². The first-order chi connectivity index (χ1) is 18.5. The molecule has 0 aliphatic rings. The second-order valence-corrected chi connectivity index (χ2v) is 10.8. The Labute approximate surface area is 234 Å². The first kappa shape index (κ1) is 28.2. The molecule has 4 aromatic rings. The van der Waals surface area contributed by atoms with Crippen LogP contribution in [0, 0.1) is 13.8 Å². The highest BCUT2D eigenvalue weighted by molar-refractivity contribution is 6.32. The molecule has 0 saturated heterocycles. The van der Waals surface area contributed by atoms with E-state index in [2.05, 4.69) is 49.7 Å². The minimum absolute atomic E-state index is 0.115. The number of nitrogens with zero attached hydrogens (tertiary/aromatic N) is 1. The number of rotatable bonds is 9. The van der Waals surface area contributed by atoms with Crippen molar-refractivity contribution >= 4 is 34.4 Å². The second-order valence-electron chi connectivity index (χ2n) is 10.4. The van der Waals surface area contributed by atoms with E-state index in [1.165, 1.54) is 12.5 Å². The van der Waals surface area contributed by atoms with Crippen molar-refractivity contribution in [3.8, 4) is 5.75 Å². The van der Waals surface area contributed by atoms with Crippen LogP contribution in [0.25, 0.3) is 10.9 Å². The number of amides is 1. The Morgan fingerprint density at radius 3 is 2.38 bits per heavy atom. The Morgan fingerprint density at radius 1 is 0.974 bits per heavy atom. The molecular formula is C32H35ClN2O4. The summed E-state index contributed by atoms with van der Waals surface area (Å²) >= 11 is 6.26. The normalized spacial score (nSPS) is 12.9. The van der Waals surface area contributed by atoms with Gasteiger partial charge in [-0.15, -0.1) is 0 Å². The topological polar surface area (TPSA) is 80.6 Å². The molecule has 39 heavy (non-hydrogen) atoms. The van der Waals surface area contributed by atoms with Gasteiger partial charge in [-0.3, -0.25) is 4.79 Å². The number of ether oxygens (including phenoxy) is 1. The van der Waals surface area contributed by atoms with Gasteiger partial charge in [-0.2, -0.15) is 0 Å². The Kier molecular flexibility index (Phi) is 8.36. The van der Waals surface area contributed by atoms with E-state index in [1.807, 2.05) is 43.3 Å². The zero-order valence-electron chi connectivity index (χ0n) is 23.2. The first-order valence-electron chi connectivity index (χ1n) is 13.1. The summed E-state index contributed by atoms with van der Waals surface area (Å²) in [5.41, 5.74) is 7.05. The summed E-state index contributed by atoms with van der Waals surface area (Å²) in [5, 5.41) is 13.7. The molecular weight excluding hydrogens is 512 g/mol. The number of carboxylic acid groups (broad SMARTS) is 1. The number of carbonyl (C=O) groups is 2. The number of nitrogens with one attached hydrogen (secondary N) is 1. The Balaban J connectivity index is 1.58. The predicted molar refractivity (Wildman–Crippen MR) is 156 cm³/mol. The molecule has 1 aromatic heterocycles. The summed E-state index contributed by atoms with van der Waals surface area (Å²) in [6.45, 7) is 12.4. The van der Waals surface area contributed by atoms with Crippen LogP contribution >= 0.6 is 11.6 Å². The van der Waals surface area contributed by atoms with Crippen LogP contribution in [0.3, 0.4) is 0 Å². The monoisotopic (exact) mass is 546 g/mol. The van der Waals surface area contributed by atoms with Gasteiger partial charge in [0.2, 0.25) is 0 Å². The highest BCUT2D eigenvalue weighted by atomic mass is 35.5. The summed E-state index contributed by atoms with van der Waals surface area (Å²) in [6, 6.07) is 19.4.